The van der Waals surface area contributed by atoms with Crippen LogP contribution < -0.4 is 4.90 Å². The van der Waals surface area contributed by atoms with Crippen LogP contribution in [0.4, 0.5) is 5.82 Å². The quantitative estimate of drug-likeness (QED) is 0.566. The van der Waals surface area contributed by atoms with Gasteiger partial charge in [0.2, 0.25) is 0 Å². The smallest absolute Gasteiger partial charge is 0.254 e. The molecule has 0 aliphatic carbocycles. The summed E-state index contributed by atoms with van der Waals surface area (Å²) in [6.45, 7) is 2.04. The zero-order chi connectivity index (χ0) is 18.1. The highest BCUT2D eigenvalue weighted by atomic mass is 15.4. The number of aryl methyl sites for hydroxylation is 1. The Morgan fingerprint density at radius 1 is 0.962 bits per heavy atom. The van der Waals surface area contributed by atoms with Crippen molar-refractivity contribution in [3.05, 3.63) is 77.7 Å². The Morgan fingerprint density at radius 2 is 1.73 bits per heavy atom. The summed E-state index contributed by atoms with van der Waals surface area (Å²) in [6, 6.07) is 19.1. The van der Waals surface area contributed by atoms with Gasteiger partial charge in [-0.25, -0.2) is 4.98 Å². The summed E-state index contributed by atoms with van der Waals surface area (Å²) in [4.78, 5) is 10.9. The Balaban J connectivity index is 1.78. The number of aromatic nitrogens is 4. The SMILES string of the molecule is Cc1nc2ncnn2c(N(C)C)c1Cc1cccc(-c2ccccc2)c1. The van der Waals surface area contributed by atoms with E-state index in [4.69, 9.17) is 0 Å². The molecular formula is C21H21N5. The summed E-state index contributed by atoms with van der Waals surface area (Å²) < 4.78 is 1.81. The average molecular weight is 343 g/mol. The van der Waals surface area contributed by atoms with Gasteiger partial charge in [-0.15, -0.1) is 0 Å². The molecule has 5 nitrogen and oxygen atoms in total. The molecular weight excluding hydrogens is 322 g/mol. The van der Waals surface area contributed by atoms with E-state index in [-0.39, 0.29) is 0 Å². The lowest BCUT2D eigenvalue weighted by Gasteiger charge is -2.20. The van der Waals surface area contributed by atoms with Crippen LogP contribution in [-0.2, 0) is 6.42 Å². The van der Waals surface area contributed by atoms with Crippen LogP contribution in [0.15, 0.2) is 60.9 Å². The molecule has 0 N–H and O–H groups in total. The molecule has 4 rings (SSSR count). The van der Waals surface area contributed by atoms with E-state index in [2.05, 4.69) is 68.5 Å². The lowest BCUT2D eigenvalue weighted by molar-refractivity contribution is 0.863. The summed E-state index contributed by atoms with van der Waals surface area (Å²) in [5.74, 6) is 1.66. The minimum Gasteiger partial charge on any atom is -0.362 e. The summed E-state index contributed by atoms with van der Waals surface area (Å²) in [7, 11) is 4.06. The minimum atomic E-state index is 0.632. The van der Waals surface area contributed by atoms with Gasteiger partial charge < -0.3 is 4.90 Å². The summed E-state index contributed by atoms with van der Waals surface area (Å²) >= 11 is 0. The lowest BCUT2D eigenvalue weighted by Crippen LogP contribution is -2.18. The monoisotopic (exact) mass is 343 g/mol. The fourth-order valence-corrected chi connectivity index (χ4v) is 3.33. The summed E-state index contributed by atoms with van der Waals surface area (Å²) in [5, 5.41) is 4.35. The van der Waals surface area contributed by atoms with Crippen molar-refractivity contribution in [2.45, 2.75) is 13.3 Å². The van der Waals surface area contributed by atoms with Crippen molar-refractivity contribution in [3.8, 4) is 11.1 Å². The zero-order valence-corrected chi connectivity index (χ0v) is 15.2. The third-order valence-corrected chi connectivity index (χ3v) is 4.54. The molecule has 0 aliphatic heterocycles. The number of fused-ring (bicyclic) bond motifs is 1. The second-order valence-corrected chi connectivity index (χ2v) is 6.61. The first-order valence-electron chi connectivity index (χ1n) is 8.64. The van der Waals surface area contributed by atoms with Crippen molar-refractivity contribution in [2.24, 2.45) is 0 Å². The molecule has 2 heterocycles. The number of rotatable bonds is 4. The summed E-state index contributed by atoms with van der Waals surface area (Å²) in [5.41, 5.74) is 5.85. The predicted molar refractivity (Wildman–Crippen MR) is 105 cm³/mol. The molecule has 0 spiro atoms. The van der Waals surface area contributed by atoms with Gasteiger partial charge >= 0.3 is 0 Å². The van der Waals surface area contributed by atoms with Crippen molar-refractivity contribution < 1.29 is 0 Å². The van der Waals surface area contributed by atoms with E-state index in [1.165, 1.54) is 22.3 Å². The Labute approximate surface area is 153 Å². The molecule has 2 aromatic carbocycles. The second-order valence-electron chi connectivity index (χ2n) is 6.61. The Kier molecular flexibility index (Phi) is 4.13. The normalized spacial score (nSPS) is 11.0. The first kappa shape index (κ1) is 16.3. The fraction of sp³-hybridized carbons (Fsp3) is 0.190. The molecule has 0 saturated heterocycles. The Hall–Kier alpha value is -3.21. The van der Waals surface area contributed by atoms with Crippen LogP contribution in [0.1, 0.15) is 16.8 Å². The molecule has 0 radical (unpaired) electrons. The van der Waals surface area contributed by atoms with Crippen molar-refractivity contribution in [1.29, 1.82) is 0 Å². The molecule has 0 fully saturated rings. The van der Waals surface area contributed by atoms with Crippen LogP contribution in [0.3, 0.4) is 0 Å². The van der Waals surface area contributed by atoms with Gasteiger partial charge in [-0.05, 0) is 23.6 Å². The molecule has 0 amide bonds. The van der Waals surface area contributed by atoms with Crippen molar-refractivity contribution in [1.82, 2.24) is 19.6 Å². The molecule has 0 bridgehead atoms. The lowest BCUT2D eigenvalue weighted by atomic mass is 9.98. The van der Waals surface area contributed by atoms with E-state index in [0.717, 1.165) is 17.9 Å². The van der Waals surface area contributed by atoms with Gasteiger partial charge in [-0.2, -0.15) is 14.6 Å². The molecule has 0 atom stereocenters. The number of benzene rings is 2. The standard InChI is InChI=1S/C21H21N5/c1-15-19(20(25(2)3)26-21(24-15)22-14-23-26)13-16-8-7-11-18(12-16)17-9-5-4-6-10-17/h4-12,14H,13H2,1-3H3. The van der Waals surface area contributed by atoms with Crippen LogP contribution in [0.2, 0.25) is 0 Å². The van der Waals surface area contributed by atoms with E-state index in [1.54, 1.807) is 6.33 Å². The average Bonchev–Trinajstić information content (AvgIpc) is 3.10. The van der Waals surface area contributed by atoms with E-state index >= 15 is 0 Å². The first-order chi connectivity index (χ1) is 12.6. The van der Waals surface area contributed by atoms with Gasteiger partial charge in [0.25, 0.3) is 5.78 Å². The van der Waals surface area contributed by atoms with E-state index in [0.29, 0.717) is 5.78 Å². The number of anilines is 1. The highest BCUT2D eigenvalue weighted by Crippen LogP contribution is 2.26. The van der Waals surface area contributed by atoms with Gasteiger partial charge in [0.1, 0.15) is 12.1 Å². The van der Waals surface area contributed by atoms with Crippen molar-refractivity contribution in [2.75, 3.05) is 19.0 Å². The maximum Gasteiger partial charge on any atom is 0.254 e. The van der Waals surface area contributed by atoms with E-state index < -0.39 is 0 Å². The second kappa shape index (κ2) is 6.59. The highest BCUT2D eigenvalue weighted by molar-refractivity contribution is 5.64. The Morgan fingerprint density at radius 3 is 2.50 bits per heavy atom. The number of hydrogen-bond donors (Lipinski definition) is 0. The molecule has 26 heavy (non-hydrogen) atoms. The molecule has 0 unspecified atom stereocenters. The van der Waals surface area contributed by atoms with Gasteiger partial charge in [0.05, 0.1) is 0 Å². The van der Waals surface area contributed by atoms with Gasteiger partial charge in [-0.3, -0.25) is 0 Å². The van der Waals surface area contributed by atoms with Crippen LogP contribution in [-0.4, -0.2) is 33.7 Å². The molecule has 130 valence electrons. The molecule has 4 aromatic rings. The first-order valence-corrected chi connectivity index (χ1v) is 8.64. The van der Waals surface area contributed by atoms with Crippen molar-refractivity contribution >= 4 is 11.6 Å². The zero-order valence-electron chi connectivity index (χ0n) is 15.2. The maximum absolute atomic E-state index is 4.62. The van der Waals surface area contributed by atoms with Crippen LogP contribution in [0.25, 0.3) is 16.9 Å². The van der Waals surface area contributed by atoms with E-state index in [9.17, 15) is 0 Å². The Bertz CT molecular complexity index is 1050. The van der Waals surface area contributed by atoms with E-state index in [1.807, 2.05) is 31.6 Å². The number of nitrogens with zero attached hydrogens (tertiary/aromatic N) is 5. The molecule has 2 aromatic heterocycles. The van der Waals surface area contributed by atoms with Crippen LogP contribution in [0.5, 0.6) is 0 Å². The van der Waals surface area contributed by atoms with Gasteiger partial charge in [-0.1, -0.05) is 54.6 Å². The van der Waals surface area contributed by atoms with Crippen LogP contribution >= 0.6 is 0 Å². The topological polar surface area (TPSA) is 46.3 Å². The maximum atomic E-state index is 4.62. The molecule has 0 aliphatic rings. The predicted octanol–water partition coefficient (Wildman–Crippen LogP) is 3.76. The number of hydrogen-bond acceptors (Lipinski definition) is 4. The minimum absolute atomic E-state index is 0.632. The summed E-state index contributed by atoms with van der Waals surface area (Å²) in [6.07, 6.45) is 2.34. The third-order valence-electron chi connectivity index (χ3n) is 4.54. The fourth-order valence-electron chi connectivity index (χ4n) is 3.33. The molecule has 5 heteroatoms. The van der Waals surface area contributed by atoms with Crippen LogP contribution in [0, 0.1) is 6.92 Å². The third kappa shape index (κ3) is 2.92. The van der Waals surface area contributed by atoms with Crippen molar-refractivity contribution in [3.63, 3.8) is 0 Å². The largest absolute Gasteiger partial charge is 0.362 e. The van der Waals surface area contributed by atoms with Gasteiger partial charge in [0.15, 0.2) is 0 Å². The van der Waals surface area contributed by atoms with Gasteiger partial charge in [0, 0.05) is 31.8 Å². The molecule has 0 saturated carbocycles. The highest BCUT2D eigenvalue weighted by Gasteiger charge is 2.16.